The molecule has 0 aliphatic carbocycles. The van der Waals surface area contributed by atoms with E-state index in [0.29, 0.717) is 0 Å². The molecule has 8 rings (SSSR count). The van der Waals surface area contributed by atoms with Crippen LogP contribution in [0.5, 0.6) is 11.5 Å². The largest absolute Gasteiger partial charge is 0.457 e. The van der Waals surface area contributed by atoms with Gasteiger partial charge in [0.25, 0.3) is 0 Å². The van der Waals surface area contributed by atoms with Crippen molar-refractivity contribution in [2.75, 3.05) is 5.32 Å². The first-order valence-corrected chi connectivity index (χ1v) is 13.7. The van der Waals surface area contributed by atoms with Crippen molar-refractivity contribution in [1.29, 1.82) is 0 Å². The van der Waals surface area contributed by atoms with Gasteiger partial charge < -0.3 is 10.1 Å². The van der Waals surface area contributed by atoms with E-state index in [1.807, 2.05) is 0 Å². The maximum atomic E-state index is 6.68. The van der Waals surface area contributed by atoms with Crippen molar-refractivity contribution in [3.63, 3.8) is 0 Å². The quantitative estimate of drug-likeness (QED) is 0.252. The number of hydrogen-bond acceptors (Lipinski definition) is 3. The Kier molecular flexibility index (Phi) is 4.64. The highest BCUT2D eigenvalue weighted by atomic mass is 32.1. The number of ether oxygens (including phenoxy) is 1. The highest BCUT2D eigenvalue weighted by Gasteiger charge is 2.50. The lowest BCUT2D eigenvalue weighted by Crippen LogP contribution is -2.36. The summed E-state index contributed by atoms with van der Waals surface area (Å²) in [6.07, 6.45) is 0. The Labute approximate surface area is 225 Å². The van der Waals surface area contributed by atoms with E-state index in [1.165, 1.54) is 43.8 Å². The fourth-order valence-corrected chi connectivity index (χ4v) is 7.22. The molecule has 0 saturated heterocycles. The van der Waals surface area contributed by atoms with Gasteiger partial charge in [0, 0.05) is 21.7 Å². The predicted octanol–water partition coefficient (Wildman–Crippen LogP) is 9.63. The van der Waals surface area contributed by atoms with E-state index >= 15 is 0 Å². The van der Waals surface area contributed by atoms with Crippen molar-refractivity contribution < 1.29 is 4.74 Å². The lowest BCUT2D eigenvalue weighted by Gasteiger charge is -2.44. The minimum atomic E-state index is -0.510. The minimum Gasteiger partial charge on any atom is -0.457 e. The molecule has 0 bridgehead atoms. The molecule has 1 N–H and O–H groups in total. The number of fused-ring (bicyclic) bond motifs is 8. The summed E-state index contributed by atoms with van der Waals surface area (Å²) in [5, 5.41) is 5.91. The molecular formula is C35H23NOS. The predicted molar refractivity (Wildman–Crippen MR) is 157 cm³/mol. The average molecular weight is 506 g/mol. The number of benzene rings is 5. The third-order valence-electron chi connectivity index (χ3n) is 7.81. The van der Waals surface area contributed by atoms with E-state index in [-0.39, 0.29) is 0 Å². The molecule has 2 nitrogen and oxygen atoms in total. The summed E-state index contributed by atoms with van der Waals surface area (Å²) in [6, 6.07) is 45.5. The first kappa shape index (κ1) is 21.5. The van der Waals surface area contributed by atoms with Crippen LogP contribution in [-0.2, 0) is 5.41 Å². The molecule has 2 aliphatic rings. The second kappa shape index (κ2) is 8.20. The Bertz CT molecular complexity index is 1730. The molecule has 3 heterocycles. The SMILES string of the molecule is c1ccc(-c2ccc3c(c2)C2(c4ccccc4Nc4ccsc42)c2cc(-c4ccccc4)ccc2O3)cc1. The van der Waals surface area contributed by atoms with Crippen LogP contribution < -0.4 is 10.1 Å². The summed E-state index contributed by atoms with van der Waals surface area (Å²) in [7, 11) is 0. The molecule has 0 unspecified atom stereocenters. The summed E-state index contributed by atoms with van der Waals surface area (Å²) in [6.45, 7) is 0. The molecule has 0 fully saturated rings. The molecule has 0 amide bonds. The van der Waals surface area contributed by atoms with Crippen molar-refractivity contribution in [3.8, 4) is 33.8 Å². The van der Waals surface area contributed by atoms with Gasteiger partial charge in [-0.3, -0.25) is 0 Å². The molecule has 0 radical (unpaired) electrons. The number of anilines is 2. The summed E-state index contributed by atoms with van der Waals surface area (Å²) in [4.78, 5) is 1.29. The zero-order valence-corrected chi connectivity index (χ0v) is 21.3. The van der Waals surface area contributed by atoms with Gasteiger partial charge in [0.15, 0.2) is 0 Å². The van der Waals surface area contributed by atoms with Crippen LogP contribution in [0.2, 0.25) is 0 Å². The van der Waals surface area contributed by atoms with Gasteiger partial charge in [0.2, 0.25) is 0 Å². The normalized spacial score (nSPS) is 13.9. The average Bonchev–Trinajstić information content (AvgIpc) is 3.46. The number of rotatable bonds is 2. The lowest BCUT2D eigenvalue weighted by atomic mass is 9.64. The van der Waals surface area contributed by atoms with Crippen molar-refractivity contribution in [1.82, 2.24) is 0 Å². The van der Waals surface area contributed by atoms with Crippen molar-refractivity contribution in [3.05, 3.63) is 154 Å². The van der Waals surface area contributed by atoms with Crippen LogP contribution in [-0.4, -0.2) is 0 Å². The Morgan fingerprint density at radius 1 is 0.500 bits per heavy atom. The molecular weight excluding hydrogens is 482 g/mol. The lowest BCUT2D eigenvalue weighted by molar-refractivity contribution is 0.436. The minimum absolute atomic E-state index is 0.510. The van der Waals surface area contributed by atoms with Gasteiger partial charge in [-0.1, -0.05) is 91.0 Å². The van der Waals surface area contributed by atoms with E-state index in [0.717, 1.165) is 22.9 Å². The maximum absolute atomic E-state index is 6.68. The fraction of sp³-hybridized carbons (Fsp3) is 0.0286. The van der Waals surface area contributed by atoms with E-state index in [2.05, 4.69) is 138 Å². The molecule has 180 valence electrons. The number of thiophene rings is 1. The van der Waals surface area contributed by atoms with Crippen LogP contribution in [0, 0.1) is 0 Å². The Morgan fingerprint density at radius 2 is 1.08 bits per heavy atom. The van der Waals surface area contributed by atoms with Gasteiger partial charge in [0.05, 0.1) is 11.1 Å². The van der Waals surface area contributed by atoms with Gasteiger partial charge >= 0.3 is 0 Å². The number of para-hydroxylation sites is 1. The van der Waals surface area contributed by atoms with Crippen LogP contribution in [0.25, 0.3) is 22.3 Å². The third kappa shape index (κ3) is 3.00. The van der Waals surface area contributed by atoms with Crippen molar-refractivity contribution in [2.24, 2.45) is 0 Å². The highest BCUT2D eigenvalue weighted by Crippen LogP contribution is 2.62. The van der Waals surface area contributed by atoms with E-state index < -0.39 is 5.41 Å². The van der Waals surface area contributed by atoms with E-state index in [4.69, 9.17) is 4.74 Å². The van der Waals surface area contributed by atoms with Crippen LogP contribution >= 0.6 is 11.3 Å². The zero-order chi connectivity index (χ0) is 25.1. The van der Waals surface area contributed by atoms with Crippen molar-refractivity contribution >= 4 is 22.7 Å². The highest BCUT2D eigenvalue weighted by molar-refractivity contribution is 7.10. The maximum Gasteiger partial charge on any atom is 0.132 e. The van der Waals surface area contributed by atoms with E-state index in [9.17, 15) is 0 Å². The summed E-state index contributed by atoms with van der Waals surface area (Å²) < 4.78 is 6.68. The van der Waals surface area contributed by atoms with Gasteiger partial charge in [-0.05, 0) is 69.6 Å². The van der Waals surface area contributed by atoms with Crippen LogP contribution in [0.3, 0.4) is 0 Å². The Morgan fingerprint density at radius 3 is 1.71 bits per heavy atom. The monoisotopic (exact) mass is 505 g/mol. The van der Waals surface area contributed by atoms with Crippen LogP contribution in [0.4, 0.5) is 11.4 Å². The standard InChI is InChI=1S/C35H23NOS/c1-3-9-23(10-4-1)25-15-17-32-28(21-25)35(27-13-7-8-14-30(27)36-31-19-20-38-34(31)35)29-22-26(16-18-33(29)37-32)24-11-5-2-6-12-24/h1-22,36H. The smallest absolute Gasteiger partial charge is 0.132 e. The summed E-state index contributed by atoms with van der Waals surface area (Å²) in [5.41, 5.74) is 10.1. The Hall–Kier alpha value is -4.60. The Balaban J connectivity index is 1.49. The van der Waals surface area contributed by atoms with Gasteiger partial charge in [0.1, 0.15) is 11.5 Å². The molecule has 6 aromatic rings. The third-order valence-corrected chi connectivity index (χ3v) is 8.84. The fourth-order valence-electron chi connectivity index (χ4n) is 6.13. The molecule has 3 heteroatoms. The second-order valence-corrected chi connectivity index (χ2v) is 10.8. The van der Waals surface area contributed by atoms with Crippen LogP contribution in [0.1, 0.15) is 21.6 Å². The van der Waals surface area contributed by atoms with Crippen molar-refractivity contribution in [2.45, 2.75) is 5.41 Å². The van der Waals surface area contributed by atoms with Gasteiger partial charge in [-0.25, -0.2) is 0 Å². The second-order valence-electron chi connectivity index (χ2n) is 9.84. The van der Waals surface area contributed by atoms with E-state index in [1.54, 1.807) is 11.3 Å². The number of hydrogen-bond donors (Lipinski definition) is 1. The first-order chi connectivity index (χ1) is 18.8. The zero-order valence-electron chi connectivity index (χ0n) is 20.5. The summed E-state index contributed by atoms with van der Waals surface area (Å²) >= 11 is 1.81. The summed E-state index contributed by atoms with van der Waals surface area (Å²) in [5.74, 6) is 1.81. The molecule has 38 heavy (non-hydrogen) atoms. The molecule has 0 atom stereocenters. The topological polar surface area (TPSA) is 21.3 Å². The molecule has 2 aliphatic heterocycles. The molecule has 5 aromatic carbocycles. The molecule has 1 aromatic heterocycles. The van der Waals surface area contributed by atoms with Gasteiger partial charge in [-0.15, -0.1) is 11.3 Å². The molecule has 1 spiro atoms. The molecule has 0 saturated carbocycles. The first-order valence-electron chi connectivity index (χ1n) is 12.8. The van der Waals surface area contributed by atoms with Crippen LogP contribution in [0.15, 0.2) is 133 Å². The van der Waals surface area contributed by atoms with Gasteiger partial charge in [-0.2, -0.15) is 0 Å². The number of nitrogens with one attached hydrogen (secondary N) is 1.